The molecule has 1 saturated heterocycles. The number of carbonyl (C=O) groups excluding carboxylic acids is 2. The van der Waals surface area contributed by atoms with Gasteiger partial charge < -0.3 is 5.11 Å². The van der Waals surface area contributed by atoms with Crippen LogP contribution in [0.15, 0.2) is 66.2 Å². The molecule has 1 heterocycles. The summed E-state index contributed by atoms with van der Waals surface area (Å²) >= 11 is 12.2. The zero-order valence-corrected chi connectivity index (χ0v) is 18.7. The number of hydrogen-bond acceptors (Lipinski definition) is 3. The third-order valence-electron chi connectivity index (χ3n) is 5.54. The van der Waals surface area contributed by atoms with Crippen LogP contribution in [0.25, 0.3) is 5.76 Å². The molecule has 0 saturated carbocycles. The van der Waals surface area contributed by atoms with Crippen LogP contribution in [0, 0.1) is 19.7 Å². The number of hydrogen-bond donors (Lipinski definition) is 1. The Morgan fingerprint density at radius 1 is 0.938 bits per heavy atom. The van der Waals surface area contributed by atoms with Crippen molar-refractivity contribution in [2.75, 3.05) is 4.90 Å². The highest BCUT2D eigenvalue weighted by Crippen LogP contribution is 2.44. The van der Waals surface area contributed by atoms with Gasteiger partial charge in [-0.05, 0) is 66.9 Å². The summed E-state index contributed by atoms with van der Waals surface area (Å²) in [5, 5.41) is 11.7. The van der Waals surface area contributed by atoms with Crippen LogP contribution < -0.4 is 4.90 Å². The van der Waals surface area contributed by atoms with E-state index in [0.29, 0.717) is 21.8 Å². The van der Waals surface area contributed by atoms with Crippen LogP contribution in [0.4, 0.5) is 10.1 Å². The van der Waals surface area contributed by atoms with E-state index in [1.807, 2.05) is 19.1 Å². The normalized spacial score (nSPS) is 17.8. The van der Waals surface area contributed by atoms with Crippen LogP contribution in [-0.4, -0.2) is 16.8 Å². The van der Waals surface area contributed by atoms with Gasteiger partial charge in [-0.25, -0.2) is 4.39 Å². The average molecular weight is 470 g/mol. The number of aryl methyl sites for hydroxylation is 2. The summed E-state index contributed by atoms with van der Waals surface area (Å²) in [6, 6.07) is 15.0. The number of Topliss-reactive ketones (excluding diaryl/α,β-unsaturated/α-hetero) is 1. The summed E-state index contributed by atoms with van der Waals surface area (Å²) in [6.07, 6.45) is 0. The molecule has 1 aliphatic heterocycles. The molecule has 0 bridgehead atoms. The predicted octanol–water partition coefficient (Wildman–Crippen LogP) is 6.38. The van der Waals surface area contributed by atoms with Crippen LogP contribution in [0.3, 0.4) is 0 Å². The first kappa shape index (κ1) is 22.1. The Bertz CT molecular complexity index is 1300. The highest BCUT2D eigenvalue weighted by atomic mass is 35.5. The van der Waals surface area contributed by atoms with E-state index in [1.165, 1.54) is 35.2 Å². The van der Waals surface area contributed by atoms with Crippen molar-refractivity contribution < 1.29 is 19.1 Å². The van der Waals surface area contributed by atoms with Crippen LogP contribution in [0.1, 0.15) is 28.3 Å². The molecule has 1 amide bonds. The van der Waals surface area contributed by atoms with Crippen LogP contribution in [-0.2, 0) is 9.59 Å². The van der Waals surface area contributed by atoms with E-state index < -0.39 is 23.5 Å². The number of carbonyl (C=O) groups is 2. The minimum absolute atomic E-state index is 0.0821. The third kappa shape index (κ3) is 3.68. The zero-order chi connectivity index (χ0) is 23.2. The van der Waals surface area contributed by atoms with Crippen molar-refractivity contribution in [2.45, 2.75) is 19.9 Å². The van der Waals surface area contributed by atoms with Gasteiger partial charge in [0.2, 0.25) is 0 Å². The van der Waals surface area contributed by atoms with Crippen molar-refractivity contribution in [3.63, 3.8) is 0 Å². The molecular weight excluding hydrogens is 452 g/mol. The third-order valence-corrected chi connectivity index (χ3v) is 6.28. The summed E-state index contributed by atoms with van der Waals surface area (Å²) in [7, 11) is 0. The first-order valence-corrected chi connectivity index (χ1v) is 10.5. The molecule has 4 rings (SSSR count). The molecule has 3 aromatic rings. The molecule has 0 radical (unpaired) electrons. The lowest BCUT2D eigenvalue weighted by Crippen LogP contribution is -2.29. The second kappa shape index (κ2) is 8.41. The van der Waals surface area contributed by atoms with Crippen LogP contribution in [0.5, 0.6) is 0 Å². The van der Waals surface area contributed by atoms with E-state index in [1.54, 1.807) is 25.1 Å². The topological polar surface area (TPSA) is 57.6 Å². The fourth-order valence-electron chi connectivity index (χ4n) is 3.87. The van der Waals surface area contributed by atoms with Crippen molar-refractivity contribution >= 4 is 46.3 Å². The molecule has 162 valence electrons. The van der Waals surface area contributed by atoms with E-state index in [9.17, 15) is 19.1 Å². The first-order valence-electron chi connectivity index (χ1n) is 9.78. The number of amides is 1. The molecular formula is C25H18Cl2FNO3. The highest BCUT2D eigenvalue weighted by Gasteiger charge is 2.47. The largest absolute Gasteiger partial charge is 0.507 e. The van der Waals surface area contributed by atoms with Gasteiger partial charge in [0.25, 0.3) is 11.7 Å². The van der Waals surface area contributed by atoms with Crippen molar-refractivity contribution in [1.82, 2.24) is 0 Å². The molecule has 1 N–H and O–H groups in total. The number of halogens is 3. The number of rotatable bonds is 3. The fraction of sp³-hybridized carbons (Fsp3) is 0.120. The van der Waals surface area contributed by atoms with Gasteiger partial charge in [0.15, 0.2) is 0 Å². The quantitative estimate of drug-likeness (QED) is 0.275. The van der Waals surface area contributed by atoms with Gasteiger partial charge in [-0.2, -0.15) is 0 Å². The SMILES string of the molecule is Cc1cc(/C(O)=C2\C(=O)C(=O)N(c3ccc(Cl)c(Cl)c3)C2c2ccccc2C)ccc1F. The van der Waals surface area contributed by atoms with Gasteiger partial charge in [0.1, 0.15) is 11.6 Å². The standard InChI is InChI=1S/C25H18Cl2FNO3/c1-13-5-3-4-6-17(13)22-21(23(30)15-7-10-20(28)14(2)11-15)24(31)25(32)29(22)16-8-9-18(26)19(27)12-16/h3-12,22,30H,1-2H3/b23-21+. The molecule has 1 aliphatic rings. The Labute approximate surface area is 194 Å². The van der Waals surface area contributed by atoms with Gasteiger partial charge in [0.05, 0.1) is 21.7 Å². The van der Waals surface area contributed by atoms with Gasteiger partial charge >= 0.3 is 0 Å². The Morgan fingerprint density at radius 3 is 2.31 bits per heavy atom. The Balaban J connectivity index is 1.99. The second-order valence-corrected chi connectivity index (χ2v) is 8.40. The average Bonchev–Trinajstić information content (AvgIpc) is 3.02. The minimum atomic E-state index is -0.904. The van der Waals surface area contributed by atoms with E-state index in [0.717, 1.165) is 5.56 Å². The molecule has 3 aromatic carbocycles. The summed E-state index contributed by atoms with van der Waals surface area (Å²) in [4.78, 5) is 27.6. The maximum Gasteiger partial charge on any atom is 0.300 e. The summed E-state index contributed by atoms with van der Waals surface area (Å²) in [6.45, 7) is 3.41. The monoisotopic (exact) mass is 469 g/mol. The summed E-state index contributed by atoms with van der Waals surface area (Å²) in [5.74, 6) is -2.46. The number of ketones is 1. The lowest BCUT2D eigenvalue weighted by molar-refractivity contribution is -0.132. The van der Waals surface area contributed by atoms with Gasteiger partial charge in [-0.1, -0.05) is 47.5 Å². The van der Waals surface area contributed by atoms with E-state index in [2.05, 4.69) is 0 Å². The molecule has 0 aliphatic carbocycles. The number of anilines is 1. The summed E-state index contributed by atoms with van der Waals surface area (Å²) < 4.78 is 13.8. The maximum atomic E-state index is 13.8. The minimum Gasteiger partial charge on any atom is -0.507 e. The number of aliphatic hydroxyl groups excluding tert-OH is 1. The Hall–Kier alpha value is -3.15. The lowest BCUT2D eigenvalue weighted by Gasteiger charge is -2.27. The molecule has 1 atom stereocenters. The van der Waals surface area contributed by atoms with E-state index in [4.69, 9.17) is 23.2 Å². The smallest absolute Gasteiger partial charge is 0.300 e. The van der Waals surface area contributed by atoms with Gasteiger partial charge in [-0.15, -0.1) is 0 Å². The number of nitrogens with zero attached hydrogens (tertiary/aromatic N) is 1. The van der Waals surface area contributed by atoms with Crippen molar-refractivity contribution in [3.05, 3.63) is 104 Å². The molecule has 7 heteroatoms. The van der Waals surface area contributed by atoms with Crippen LogP contribution >= 0.6 is 23.2 Å². The molecule has 32 heavy (non-hydrogen) atoms. The first-order chi connectivity index (χ1) is 15.2. The second-order valence-electron chi connectivity index (χ2n) is 7.59. The van der Waals surface area contributed by atoms with Gasteiger partial charge in [0, 0.05) is 11.3 Å². The molecule has 1 fully saturated rings. The van der Waals surface area contributed by atoms with Crippen LogP contribution in [0.2, 0.25) is 10.0 Å². The van der Waals surface area contributed by atoms with E-state index >= 15 is 0 Å². The molecule has 0 spiro atoms. The molecule has 1 unspecified atom stereocenters. The van der Waals surface area contributed by atoms with Crippen molar-refractivity contribution in [3.8, 4) is 0 Å². The molecule has 0 aromatic heterocycles. The number of benzene rings is 3. The van der Waals surface area contributed by atoms with Crippen molar-refractivity contribution in [1.29, 1.82) is 0 Å². The Morgan fingerprint density at radius 2 is 1.66 bits per heavy atom. The lowest BCUT2D eigenvalue weighted by atomic mass is 9.92. The fourth-order valence-corrected chi connectivity index (χ4v) is 4.16. The Kier molecular flexibility index (Phi) is 5.80. The maximum absolute atomic E-state index is 13.8. The predicted molar refractivity (Wildman–Crippen MR) is 124 cm³/mol. The van der Waals surface area contributed by atoms with Gasteiger partial charge in [-0.3, -0.25) is 14.5 Å². The van der Waals surface area contributed by atoms with Crippen molar-refractivity contribution in [2.24, 2.45) is 0 Å². The zero-order valence-electron chi connectivity index (χ0n) is 17.2. The number of aliphatic hydroxyl groups is 1. The molecule has 4 nitrogen and oxygen atoms in total. The highest BCUT2D eigenvalue weighted by molar-refractivity contribution is 6.52. The van der Waals surface area contributed by atoms with E-state index in [-0.39, 0.29) is 21.9 Å². The summed E-state index contributed by atoms with van der Waals surface area (Å²) in [5.41, 5.74) is 2.32.